The quantitative estimate of drug-likeness (QED) is 0.900. The van der Waals surface area contributed by atoms with E-state index in [1.807, 2.05) is 12.1 Å². The Labute approximate surface area is 115 Å². The van der Waals surface area contributed by atoms with Gasteiger partial charge in [0, 0.05) is 18.2 Å². The fourth-order valence-corrected chi connectivity index (χ4v) is 2.47. The van der Waals surface area contributed by atoms with Crippen LogP contribution < -0.4 is 14.8 Å². The van der Waals surface area contributed by atoms with Crippen molar-refractivity contribution in [3.8, 4) is 11.5 Å². The smallest absolute Gasteiger partial charge is 0.127 e. The summed E-state index contributed by atoms with van der Waals surface area (Å²) in [5, 5.41) is 3.44. The molecule has 0 saturated carbocycles. The second kappa shape index (κ2) is 7.36. The minimum Gasteiger partial charge on any atom is -0.497 e. The molecule has 4 nitrogen and oxygen atoms in total. The maximum atomic E-state index is 5.47. The largest absolute Gasteiger partial charge is 0.497 e. The molecule has 1 fully saturated rings. The summed E-state index contributed by atoms with van der Waals surface area (Å²) in [5.41, 5.74) is 1.23. The maximum Gasteiger partial charge on any atom is 0.127 e. The first-order valence-corrected chi connectivity index (χ1v) is 6.97. The van der Waals surface area contributed by atoms with Crippen LogP contribution in [0.1, 0.15) is 18.4 Å². The zero-order valence-electron chi connectivity index (χ0n) is 11.9. The first kappa shape index (κ1) is 14.2. The number of hydrogen-bond donors (Lipinski definition) is 1. The van der Waals surface area contributed by atoms with Gasteiger partial charge < -0.3 is 14.8 Å². The van der Waals surface area contributed by atoms with Gasteiger partial charge in [0.05, 0.1) is 14.2 Å². The van der Waals surface area contributed by atoms with Gasteiger partial charge in [0.1, 0.15) is 11.5 Å². The second-order valence-electron chi connectivity index (χ2n) is 4.91. The number of nitrogens with one attached hydrogen (secondary N) is 1. The third-order valence-electron chi connectivity index (χ3n) is 3.54. The molecular formula is C15H24N2O2. The van der Waals surface area contributed by atoms with Crippen molar-refractivity contribution in [1.29, 1.82) is 0 Å². The first-order chi connectivity index (χ1) is 9.33. The summed E-state index contributed by atoms with van der Waals surface area (Å²) < 4.78 is 10.7. The van der Waals surface area contributed by atoms with Crippen molar-refractivity contribution in [3.63, 3.8) is 0 Å². The van der Waals surface area contributed by atoms with Crippen LogP contribution in [0.25, 0.3) is 0 Å². The highest BCUT2D eigenvalue weighted by Crippen LogP contribution is 2.25. The number of methoxy groups -OCH3 is 2. The lowest BCUT2D eigenvalue weighted by molar-refractivity contribution is 0.241. The fraction of sp³-hybridized carbons (Fsp3) is 0.600. The normalized spacial score (nSPS) is 17.6. The molecule has 1 aromatic carbocycles. The third-order valence-corrected chi connectivity index (χ3v) is 3.54. The summed E-state index contributed by atoms with van der Waals surface area (Å²) in [6.07, 6.45) is 2.41. The van der Waals surface area contributed by atoms with E-state index in [0.717, 1.165) is 44.2 Å². The van der Waals surface area contributed by atoms with E-state index in [-0.39, 0.29) is 0 Å². The molecule has 1 aromatic rings. The number of rotatable bonds is 4. The zero-order chi connectivity index (χ0) is 13.5. The molecule has 1 N–H and O–H groups in total. The van der Waals surface area contributed by atoms with E-state index in [2.05, 4.69) is 16.3 Å². The minimum absolute atomic E-state index is 0.845. The Bertz CT molecular complexity index is 388. The van der Waals surface area contributed by atoms with Gasteiger partial charge in [-0.25, -0.2) is 0 Å². The minimum atomic E-state index is 0.845. The lowest BCUT2D eigenvalue weighted by atomic mass is 10.1. The average Bonchev–Trinajstić information content (AvgIpc) is 2.42. The van der Waals surface area contributed by atoms with Gasteiger partial charge in [0.25, 0.3) is 0 Å². The summed E-state index contributed by atoms with van der Waals surface area (Å²) >= 11 is 0. The first-order valence-electron chi connectivity index (χ1n) is 6.97. The van der Waals surface area contributed by atoms with Crippen molar-refractivity contribution >= 4 is 0 Å². The maximum absolute atomic E-state index is 5.47. The number of ether oxygens (including phenoxy) is 2. The van der Waals surface area contributed by atoms with E-state index >= 15 is 0 Å². The highest BCUT2D eigenvalue weighted by molar-refractivity contribution is 5.40. The molecule has 4 heteroatoms. The Morgan fingerprint density at radius 1 is 1.11 bits per heavy atom. The highest BCUT2D eigenvalue weighted by atomic mass is 16.5. The summed E-state index contributed by atoms with van der Waals surface area (Å²) in [5.74, 6) is 1.76. The number of nitrogens with zero attached hydrogens (tertiary/aromatic N) is 1. The monoisotopic (exact) mass is 264 g/mol. The predicted molar refractivity (Wildman–Crippen MR) is 76.9 cm³/mol. The van der Waals surface area contributed by atoms with E-state index in [4.69, 9.17) is 9.47 Å². The molecular weight excluding hydrogens is 240 g/mol. The average molecular weight is 264 g/mol. The summed E-state index contributed by atoms with van der Waals surface area (Å²) in [6, 6.07) is 6.07. The van der Waals surface area contributed by atoms with Crippen molar-refractivity contribution in [1.82, 2.24) is 10.2 Å². The van der Waals surface area contributed by atoms with Crippen molar-refractivity contribution in [3.05, 3.63) is 23.8 Å². The molecule has 2 rings (SSSR count). The lowest BCUT2D eigenvalue weighted by Crippen LogP contribution is -2.33. The number of hydrogen-bond acceptors (Lipinski definition) is 4. The molecule has 0 aromatic heterocycles. The van der Waals surface area contributed by atoms with Gasteiger partial charge in [-0.05, 0) is 45.1 Å². The molecule has 0 radical (unpaired) electrons. The van der Waals surface area contributed by atoms with Crippen LogP contribution in [0.15, 0.2) is 18.2 Å². The molecule has 1 aliphatic rings. The van der Waals surface area contributed by atoms with Gasteiger partial charge in [-0.2, -0.15) is 0 Å². The van der Waals surface area contributed by atoms with Crippen LogP contribution in [0.3, 0.4) is 0 Å². The molecule has 19 heavy (non-hydrogen) atoms. The Morgan fingerprint density at radius 3 is 2.47 bits per heavy atom. The summed E-state index contributed by atoms with van der Waals surface area (Å²) in [6.45, 7) is 5.48. The number of benzene rings is 1. The van der Waals surface area contributed by atoms with Crippen LogP contribution in [-0.4, -0.2) is 45.3 Å². The standard InChI is InChI=1S/C15H24N2O2/c1-18-14-6-5-13(15(11-14)19-2)12-17-9-3-7-16-8-4-10-17/h5-6,11,16H,3-4,7-10,12H2,1-2H3. The Balaban J connectivity index is 2.04. The second-order valence-corrected chi connectivity index (χ2v) is 4.91. The SMILES string of the molecule is COc1ccc(CN2CCCNCCC2)c(OC)c1. The van der Waals surface area contributed by atoms with Gasteiger partial charge >= 0.3 is 0 Å². The fourth-order valence-electron chi connectivity index (χ4n) is 2.47. The molecule has 1 saturated heterocycles. The van der Waals surface area contributed by atoms with Gasteiger partial charge in [-0.1, -0.05) is 6.07 Å². The van der Waals surface area contributed by atoms with E-state index in [1.165, 1.54) is 18.4 Å². The third kappa shape index (κ3) is 4.11. The Morgan fingerprint density at radius 2 is 1.84 bits per heavy atom. The van der Waals surface area contributed by atoms with Gasteiger partial charge in [0.15, 0.2) is 0 Å². The van der Waals surface area contributed by atoms with Crippen LogP contribution in [0.5, 0.6) is 11.5 Å². The van der Waals surface area contributed by atoms with E-state index in [0.29, 0.717) is 0 Å². The molecule has 0 bridgehead atoms. The molecule has 1 heterocycles. The van der Waals surface area contributed by atoms with Crippen LogP contribution in [0, 0.1) is 0 Å². The van der Waals surface area contributed by atoms with Crippen LogP contribution in [0.4, 0.5) is 0 Å². The predicted octanol–water partition coefficient (Wildman–Crippen LogP) is 1.89. The van der Waals surface area contributed by atoms with Crippen LogP contribution in [-0.2, 0) is 6.54 Å². The Kier molecular flexibility index (Phi) is 5.48. The van der Waals surface area contributed by atoms with Crippen LogP contribution in [0.2, 0.25) is 0 Å². The molecule has 0 atom stereocenters. The van der Waals surface area contributed by atoms with Gasteiger partial charge in [-0.3, -0.25) is 4.90 Å². The van der Waals surface area contributed by atoms with Crippen molar-refractivity contribution in [2.45, 2.75) is 19.4 Å². The lowest BCUT2D eigenvalue weighted by Gasteiger charge is -2.25. The highest BCUT2D eigenvalue weighted by Gasteiger charge is 2.12. The molecule has 106 valence electrons. The van der Waals surface area contributed by atoms with E-state index in [1.54, 1.807) is 14.2 Å². The van der Waals surface area contributed by atoms with Crippen molar-refractivity contribution in [2.24, 2.45) is 0 Å². The van der Waals surface area contributed by atoms with Gasteiger partial charge in [-0.15, -0.1) is 0 Å². The molecule has 1 aliphatic heterocycles. The molecule has 0 spiro atoms. The van der Waals surface area contributed by atoms with Crippen molar-refractivity contribution < 1.29 is 9.47 Å². The topological polar surface area (TPSA) is 33.7 Å². The summed E-state index contributed by atoms with van der Waals surface area (Å²) in [4.78, 5) is 2.51. The van der Waals surface area contributed by atoms with Gasteiger partial charge in [0.2, 0.25) is 0 Å². The molecule has 0 unspecified atom stereocenters. The zero-order valence-corrected chi connectivity index (χ0v) is 11.9. The van der Waals surface area contributed by atoms with Crippen LogP contribution >= 0.6 is 0 Å². The molecule has 0 aliphatic carbocycles. The van der Waals surface area contributed by atoms with E-state index in [9.17, 15) is 0 Å². The van der Waals surface area contributed by atoms with E-state index < -0.39 is 0 Å². The Hall–Kier alpha value is -1.26. The molecule has 0 amide bonds. The summed E-state index contributed by atoms with van der Waals surface area (Å²) in [7, 11) is 3.40. The van der Waals surface area contributed by atoms with Crippen molar-refractivity contribution in [2.75, 3.05) is 40.4 Å².